The van der Waals surface area contributed by atoms with Crippen LogP contribution >= 0.6 is 0 Å². The number of hydrogen-bond donors (Lipinski definition) is 1. The summed E-state index contributed by atoms with van der Waals surface area (Å²) < 4.78 is 7.72. The molecule has 1 aromatic heterocycles. The Balaban J connectivity index is 1.89. The number of imidazole rings is 1. The second-order valence-corrected chi connectivity index (χ2v) is 5.19. The number of likely N-dealkylation sites (N-methyl/N-ethyl adjacent to an activating group) is 1. The molecule has 1 fully saturated rings. The predicted octanol–water partition coefficient (Wildman–Crippen LogP) is 1.85. The average molecular weight is 251 g/mol. The van der Waals surface area contributed by atoms with Gasteiger partial charge < -0.3 is 14.6 Å². The first kappa shape index (κ1) is 13.6. The molecule has 0 aromatic carbocycles. The molecule has 2 rings (SSSR count). The van der Waals surface area contributed by atoms with Gasteiger partial charge in [0.05, 0.1) is 0 Å². The minimum atomic E-state index is 0.509. The summed E-state index contributed by atoms with van der Waals surface area (Å²) in [6.07, 6.45) is 8.57. The van der Waals surface area contributed by atoms with E-state index in [0.29, 0.717) is 6.04 Å². The third kappa shape index (κ3) is 3.56. The Hall–Kier alpha value is -0.870. The van der Waals surface area contributed by atoms with Crippen molar-refractivity contribution in [2.75, 3.05) is 20.3 Å². The number of aromatic nitrogens is 2. The minimum absolute atomic E-state index is 0.509. The van der Waals surface area contributed by atoms with E-state index in [4.69, 9.17) is 4.74 Å². The van der Waals surface area contributed by atoms with Crippen molar-refractivity contribution in [3.05, 3.63) is 18.2 Å². The van der Waals surface area contributed by atoms with E-state index in [1.165, 1.54) is 18.7 Å². The van der Waals surface area contributed by atoms with Gasteiger partial charge in [0.25, 0.3) is 0 Å². The molecule has 0 saturated carbocycles. The third-order valence-electron chi connectivity index (χ3n) is 3.75. The first-order chi connectivity index (χ1) is 8.83. The zero-order valence-corrected chi connectivity index (χ0v) is 11.6. The second-order valence-electron chi connectivity index (χ2n) is 5.19. The highest BCUT2D eigenvalue weighted by molar-refractivity contribution is 4.96. The lowest BCUT2D eigenvalue weighted by atomic mass is 9.97. The molecule has 2 unspecified atom stereocenters. The van der Waals surface area contributed by atoms with Gasteiger partial charge in [-0.25, -0.2) is 4.98 Å². The number of nitrogens with one attached hydrogen (secondary N) is 1. The van der Waals surface area contributed by atoms with Crippen LogP contribution in [0.3, 0.4) is 0 Å². The predicted molar refractivity (Wildman–Crippen MR) is 72.6 cm³/mol. The maximum atomic E-state index is 5.45. The number of aryl methyl sites for hydroxylation is 1. The van der Waals surface area contributed by atoms with E-state index < -0.39 is 0 Å². The molecule has 1 aromatic rings. The summed E-state index contributed by atoms with van der Waals surface area (Å²) in [4.78, 5) is 4.49. The lowest BCUT2D eigenvalue weighted by Gasteiger charge is -2.19. The van der Waals surface area contributed by atoms with Gasteiger partial charge in [-0.1, -0.05) is 6.92 Å². The maximum absolute atomic E-state index is 5.45. The zero-order chi connectivity index (χ0) is 12.8. The van der Waals surface area contributed by atoms with Gasteiger partial charge in [0.15, 0.2) is 0 Å². The van der Waals surface area contributed by atoms with Crippen molar-refractivity contribution in [1.82, 2.24) is 14.9 Å². The van der Waals surface area contributed by atoms with Gasteiger partial charge in [0.1, 0.15) is 5.82 Å². The van der Waals surface area contributed by atoms with Gasteiger partial charge in [-0.2, -0.15) is 0 Å². The lowest BCUT2D eigenvalue weighted by Crippen LogP contribution is -2.31. The SMILES string of the molecule is CCCn1ccnc1CC(CC1CCOC1)NC. The Labute approximate surface area is 110 Å². The van der Waals surface area contributed by atoms with Crippen LogP contribution < -0.4 is 5.32 Å². The molecule has 18 heavy (non-hydrogen) atoms. The first-order valence-electron chi connectivity index (χ1n) is 7.08. The molecule has 4 heteroatoms. The van der Waals surface area contributed by atoms with Crippen molar-refractivity contribution >= 4 is 0 Å². The van der Waals surface area contributed by atoms with Gasteiger partial charge in [0, 0.05) is 44.6 Å². The fourth-order valence-electron chi connectivity index (χ4n) is 2.67. The highest BCUT2D eigenvalue weighted by Gasteiger charge is 2.21. The summed E-state index contributed by atoms with van der Waals surface area (Å²) in [6.45, 7) is 5.14. The van der Waals surface area contributed by atoms with Gasteiger partial charge >= 0.3 is 0 Å². The fraction of sp³-hybridized carbons (Fsp3) is 0.786. The Bertz CT molecular complexity index is 345. The quantitative estimate of drug-likeness (QED) is 0.804. The Kier molecular flexibility index (Phi) is 5.20. The largest absolute Gasteiger partial charge is 0.381 e. The Morgan fingerprint density at radius 3 is 3.17 bits per heavy atom. The second kappa shape index (κ2) is 6.90. The fourth-order valence-corrected chi connectivity index (χ4v) is 2.67. The van der Waals surface area contributed by atoms with Crippen LogP contribution in [0.25, 0.3) is 0 Å². The highest BCUT2D eigenvalue weighted by atomic mass is 16.5. The molecule has 1 saturated heterocycles. The van der Waals surface area contributed by atoms with Crippen molar-refractivity contribution in [3.8, 4) is 0 Å². The molecule has 0 spiro atoms. The van der Waals surface area contributed by atoms with Gasteiger partial charge in [-0.3, -0.25) is 0 Å². The van der Waals surface area contributed by atoms with Crippen molar-refractivity contribution < 1.29 is 4.74 Å². The van der Waals surface area contributed by atoms with E-state index in [-0.39, 0.29) is 0 Å². The number of hydrogen-bond acceptors (Lipinski definition) is 3. The van der Waals surface area contributed by atoms with E-state index in [9.17, 15) is 0 Å². The molecule has 2 atom stereocenters. The summed E-state index contributed by atoms with van der Waals surface area (Å²) in [7, 11) is 2.05. The number of ether oxygens (including phenoxy) is 1. The summed E-state index contributed by atoms with van der Waals surface area (Å²) >= 11 is 0. The summed E-state index contributed by atoms with van der Waals surface area (Å²) in [5, 5.41) is 3.43. The van der Waals surface area contributed by atoms with Crippen LogP contribution in [0.4, 0.5) is 0 Å². The molecule has 1 aliphatic heterocycles. The van der Waals surface area contributed by atoms with Crippen LogP contribution in [0.5, 0.6) is 0 Å². The molecule has 4 nitrogen and oxygen atoms in total. The van der Waals surface area contributed by atoms with E-state index in [2.05, 4.69) is 28.0 Å². The topological polar surface area (TPSA) is 39.1 Å². The smallest absolute Gasteiger partial charge is 0.110 e. The molecule has 2 heterocycles. The Morgan fingerprint density at radius 2 is 2.50 bits per heavy atom. The highest BCUT2D eigenvalue weighted by Crippen LogP contribution is 2.19. The van der Waals surface area contributed by atoms with E-state index in [1.807, 2.05) is 13.2 Å². The molecule has 0 amide bonds. The van der Waals surface area contributed by atoms with Crippen LogP contribution in [-0.4, -0.2) is 35.9 Å². The standard InChI is InChI=1S/C14H25N3O/c1-3-6-17-7-5-16-14(17)10-13(15-2)9-12-4-8-18-11-12/h5,7,12-13,15H,3-4,6,8-11H2,1-2H3. The summed E-state index contributed by atoms with van der Waals surface area (Å²) in [6, 6.07) is 0.509. The lowest BCUT2D eigenvalue weighted by molar-refractivity contribution is 0.181. The summed E-state index contributed by atoms with van der Waals surface area (Å²) in [5.41, 5.74) is 0. The van der Waals surface area contributed by atoms with Gasteiger partial charge in [-0.05, 0) is 32.2 Å². The molecule has 0 bridgehead atoms. The molecule has 0 radical (unpaired) electrons. The number of nitrogens with zero attached hydrogens (tertiary/aromatic N) is 2. The van der Waals surface area contributed by atoms with E-state index in [0.717, 1.165) is 38.5 Å². The van der Waals surface area contributed by atoms with Gasteiger partial charge in [-0.15, -0.1) is 0 Å². The molecule has 102 valence electrons. The summed E-state index contributed by atoms with van der Waals surface area (Å²) in [5.74, 6) is 1.92. The monoisotopic (exact) mass is 251 g/mol. The van der Waals surface area contributed by atoms with Crippen LogP contribution in [0.2, 0.25) is 0 Å². The molecule has 1 aliphatic rings. The number of rotatable bonds is 7. The molecular formula is C14H25N3O. The van der Waals surface area contributed by atoms with Crippen molar-refractivity contribution in [3.63, 3.8) is 0 Å². The molecule has 1 N–H and O–H groups in total. The van der Waals surface area contributed by atoms with Crippen LogP contribution in [0, 0.1) is 5.92 Å². The molecular weight excluding hydrogens is 226 g/mol. The van der Waals surface area contributed by atoms with E-state index >= 15 is 0 Å². The van der Waals surface area contributed by atoms with Crippen LogP contribution in [0.1, 0.15) is 32.0 Å². The normalized spacial score (nSPS) is 21.3. The third-order valence-corrected chi connectivity index (χ3v) is 3.75. The van der Waals surface area contributed by atoms with Crippen molar-refractivity contribution in [1.29, 1.82) is 0 Å². The minimum Gasteiger partial charge on any atom is -0.381 e. The zero-order valence-electron chi connectivity index (χ0n) is 11.6. The van der Waals surface area contributed by atoms with Crippen molar-refractivity contribution in [2.24, 2.45) is 5.92 Å². The maximum Gasteiger partial charge on any atom is 0.110 e. The van der Waals surface area contributed by atoms with Crippen LogP contribution in [-0.2, 0) is 17.7 Å². The van der Waals surface area contributed by atoms with Gasteiger partial charge in [0.2, 0.25) is 0 Å². The average Bonchev–Trinajstić information content (AvgIpc) is 3.01. The van der Waals surface area contributed by atoms with E-state index in [1.54, 1.807) is 0 Å². The van der Waals surface area contributed by atoms with Crippen molar-refractivity contribution in [2.45, 2.75) is 45.2 Å². The Morgan fingerprint density at radius 1 is 1.61 bits per heavy atom. The first-order valence-corrected chi connectivity index (χ1v) is 7.08. The molecule has 0 aliphatic carbocycles. The van der Waals surface area contributed by atoms with Crippen LogP contribution in [0.15, 0.2) is 12.4 Å².